The molecule has 14 nitrogen and oxygen atoms in total. The first kappa shape index (κ1) is 27.5. The number of benzene rings is 1. The minimum absolute atomic E-state index is 0.00219. The van der Waals surface area contributed by atoms with E-state index in [0.717, 1.165) is 12.1 Å². The van der Waals surface area contributed by atoms with Gasteiger partial charge in [0, 0.05) is 11.8 Å². The maximum Gasteiger partial charge on any atom is 0.343 e. The topological polar surface area (TPSA) is 224 Å². The predicted octanol–water partition coefficient (Wildman–Crippen LogP) is -4.41. The summed E-state index contributed by atoms with van der Waals surface area (Å²) in [5.41, 5.74) is 5.72. The van der Waals surface area contributed by atoms with Crippen LogP contribution in [-0.2, 0) is 19.0 Å². The van der Waals surface area contributed by atoms with Crippen molar-refractivity contribution in [1.82, 2.24) is 0 Å². The first-order valence-electron chi connectivity index (χ1n) is 10.8. The number of likely N-dealkylation sites (N-methyl/N-ethyl adjacent to an activating group) is 1. The minimum atomic E-state index is -1.96. The second-order valence-electron chi connectivity index (χ2n) is 9.47. The molecule has 10 atom stereocenters. The van der Waals surface area contributed by atoms with Crippen LogP contribution in [0.4, 0.5) is 5.69 Å². The number of nitrogen functional groups attached to an aromatic ring is 1. The molecule has 2 aliphatic rings. The van der Waals surface area contributed by atoms with Gasteiger partial charge in [-0.1, -0.05) is 11.8 Å². The summed E-state index contributed by atoms with van der Waals surface area (Å²) in [5, 5.41) is 73.8. The molecule has 0 aliphatic carbocycles. The van der Waals surface area contributed by atoms with E-state index < -0.39 is 85.4 Å². The number of nitrogens with zero attached hydrogens (tertiary/aromatic N) is 1. The maximum absolute atomic E-state index is 12.7. The number of ether oxygens (including phenoxy) is 4. The number of carbonyl (C=O) groups is 1. The van der Waals surface area contributed by atoms with Crippen molar-refractivity contribution in [1.29, 1.82) is 0 Å². The SMILES string of the molecule is C[N+](C)(C)[C@@H]1[C@@H](O[C@@H]2O[C@H](C(=O)Oc3cc(N)ccc3[O-])[C@@H](O)[C@H](O)[C@H]2O)[C@H](O)[C@@H](CO)O[C@H]1O. The van der Waals surface area contributed by atoms with Gasteiger partial charge in [0.2, 0.25) is 6.29 Å². The Balaban J connectivity index is 1.85. The molecule has 0 unspecified atom stereocenters. The number of rotatable bonds is 6. The summed E-state index contributed by atoms with van der Waals surface area (Å²) >= 11 is 0. The van der Waals surface area contributed by atoms with E-state index in [0.29, 0.717) is 0 Å². The van der Waals surface area contributed by atoms with Crippen molar-refractivity contribution < 1.29 is 64.0 Å². The Bertz CT molecular complexity index is 896. The van der Waals surface area contributed by atoms with Gasteiger partial charge in [0.1, 0.15) is 42.4 Å². The highest BCUT2D eigenvalue weighted by molar-refractivity contribution is 5.79. The molecule has 2 heterocycles. The van der Waals surface area contributed by atoms with E-state index in [1.807, 2.05) is 0 Å². The first-order valence-corrected chi connectivity index (χ1v) is 10.8. The Morgan fingerprint density at radius 1 is 1.06 bits per heavy atom. The van der Waals surface area contributed by atoms with E-state index in [1.165, 1.54) is 6.07 Å². The van der Waals surface area contributed by atoms with Crippen LogP contribution in [-0.4, -0.2) is 130 Å². The Hall–Kier alpha value is -2.11. The Kier molecular flexibility index (Phi) is 8.23. The number of carbonyl (C=O) groups excluding carboxylic acids is 1. The van der Waals surface area contributed by atoms with Gasteiger partial charge >= 0.3 is 5.97 Å². The van der Waals surface area contributed by atoms with Crippen molar-refractivity contribution >= 4 is 11.7 Å². The van der Waals surface area contributed by atoms with E-state index in [1.54, 1.807) is 21.1 Å². The lowest BCUT2D eigenvalue weighted by Crippen LogP contribution is -2.70. The monoisotopic (exact) mass is 504 g/mol. The Labute approximate surface area is 200 Å². The summed E-state index contributed by atoms with van der Waals surface area (Å²) < 4.78 is 21.4. The van der Waals surface area contributed by atoms with Crippen molar-refractivity contribution in [3.05, 3.63) is 18.2 Å². The van der Waals surface area contributed by atoms with Crippen LogP contribution in [0.1, 0.15) is 0 Å². The molecule has 0 amide bonds. The minimum Gasteiger partial charge on any atom is -0.870 e. The summed E-state index contributed by atoms with van der Waals surface area (Å²) in [6, 6.07) is 2.50. The van der Waals surface area contributed by atoms with Gasteiger partial charge in [0.15, 0.2) is 18.4 Å². The molecule has 1 aromatic carbocycles. The average molecular weight is 504 g/mol. The van der Waals surface area contributed by atoms with Gasteiger partial charge in [-0.05, 0) is 6.07 Å². The molecule has 0 bridgehead atoms. The standard InChI is InChI=1S/C21H32N2O12/c1-23(2,3)12-17(13(26)11(7-24)33-19(12)30)34-21-16(29)14(27)15(28)18(35-21)20(31)32-10-6-8(22)4-5-9(10)25/h4-6,11-19,21,24,26-30H,7,22H2,1-3H3/t11-,12-,13-,14+,15+,16-,17-,18+,19-,21-/m1/s1. The molecule has 14 heteroatoms. The van der Waals surface area contributed by atoms with Crippen LogP contribution in [0, 0.1) is 0 Å². The molecule has 3 rings (SSSR count). The first-order chi connectivity index (χ1) is 16.3. The second-order valence-corrected chi connectivity index (χ2v) is 9.47. The molecule has 8 N–H and O–H groups in total. The fourth-order valence-corrected chi connectivity index (χ4v) is 4.13. The third kappa shape index (κ3) is 5.67. The van der Waals surface area contributed by atoms with Gasteiger partial charge in [-0.3, -0.25) is 0 Å². The fraction of sp³-hybridized carbons (Fsp3) is 0.667. The molecule has 0 aromatic heterocycles. The smallest absolute Gasteiger partial charge is 0.343 e. The number of esters is 1. The van der Waals surface area contributed by atoms with Crippen LogP contribution < -0.4 is 15.6 Å². The number of aliphatic hydroxyl groups excluding tert-OH is 6. The van der Waals surface area contributed by atoms with E-state index in [4.69, 9.17) is 24.7 Å². The van der Waals surface area contributed by atoms with Crippen molar-refractivity contribution in [3.63, 3.8) is 0 Å². The highest BCUT2D eigenvalue weighted by Gasteiger charge is 2.55. The number of hydrogen-bond acceptors (Lipinski definition) is 13. The van der Waals surface area contributed by atoms with Crippen molar-refractivity contribution in [2.24, 2.45) is 0 Å². The van der Waals surface area contributed by atoms with E-state index in [9.17, 15) is 40.5 Å². The quantitative estimate of drug-likeness (QED) is 0.0842. The van der Waals surface area contributed by atoms with Crippen LogP contribution in [0.25, 0.3) is 0 Å². The molecule has 0 saturated carbocycles. The number of aliphatic hydroxyl groups is 6. The predicted molar refractivity (Wildman–Crippen MR) is 113 cm³/mol. The fourth-order valence-electron chi connectivity index (χ4n) is 4.13. The summed E-state index contributed by atoms with van der Waals surface area (Å²) in [5.74, 6) is -2.39. The summed E-state index contributed by atoms with van der Waals surface area (Å²) in [6.07, 6.45) is -15.1. The highest BCUT2D eigenvalue weighted by atomic mass is 16.7. The van der Waals surface area contributed by atoms with Gasteiger partial charge in [0.25, 0.3) is 0 Å². The van der Waals surface area contributed by atoms with Crippen LogP contribution in [0.15, 0.2) is 18.2 Å². The molecule has 35 heavy (non-hydrogen) atoms. The Morgan fingerprint density at radius 3 is 2.31 bits per heavy atom. The van der Waals surface area contributed by atoms with Gasteiger partial charge in [0.05, 0.1) is 27.7 Å². The lowest BCUT2D eigenvalue weighted by atomic mass is 9.94. The normalized spacial score (nSPS) is 38.2. The van der Waals surface area contributed by atoms with Crippen molar-refractivity contribution in [2.45, 2.75) is 61.3 Å². The van der Waals surface area contributed by atoms with E-state index >= 15 is 0 Å². The zero-order valence-electron chi connectivity index (χ0n) is 19.4. The highest BCUT2D eigenvalue weighted by Crippen LogP contribution is 2.33. The second kappa shape index (κ2) is 10.5. The third-order valence-corrected chi connectivity index (χ3v) is 6.01. The molecular weight excluding hydrogens is 472 g/mol. The molecule has 0 spiro atoms. The van der Waals surface area contributed by atoms with Crippen LogP contribution in [0.3, 0.4) is 0 Å². The lowest BCUT2D eigenvalue weighted by Gasteiger charge is -2.49. The molecule has 2 saturated heterocycles. The number of nitrogens with two attached hydrogens (primary N) is 1. The molecule has 0 radical (unpaired) electrons. The largest absolute Gasteiger partial charge is 0.870 e. The van der Waals surface area contributed by atoms with Crippen LogP contribution in [0.2, 0.25) is 0 Å². The molecule has 2 fully saturated rings. The number of quaternary nitrogens is 1. The zero-order chi connectivity index (χ0) is 26.2. The van der Waals surface area contributed by atoms with Crippen molar-refractivity contribution in [3.8, 4) is 11.5 Å². The molecule has 2 aliphatic heterocycles. The number of anilines is 1. The zero-order valence-corrected chi connectivity index (χ0v) is 19.4. The van der Waals surface area contributed by atoms with Crippen LogP contribution in [0.5, 0.6) is 11.5 Å². The van der Waals surface area contributed by atoms with Crippen molar-refractivity contribution in [2.75, 3.05) is 33.5 Å². The lowest BCUT2D eigenvalue weighted by molar-refractivity contribution is -0.910. The Morgan fingerprint density at radius 2 is 1.71 bits per heavy atom. The summed E-state index contributed by atoms with van der Waals surface area (Å²) in [6.45, 7) is -0.663. The molecular formula is C21H32N2O12. The van der Waals surface area contributed by atoms with Gasteiger partial charge < -0.3 is 64.9 Å². The maximum atomic E-state index is 12.7. The van der Waals surface area contributed by atoms with E-state index in [-0.39, 0.29) is 10.2 Å². The summed E-state index contributed by atoms with van der Waals surface area (Å²) in [7, 11) is 5.01. The van der Waals surface area contributed by atoms with Gasteiger partial charge in [-0.25, -0.2) is 4.79 Å². The third-order valence-electron chi connectivity index (χ3n) is 6.01. The van der Waals surface area contributed by atoms with Crippen LogP contribution >= 0.6 is 0 Å². The van der Waals surface area contributed by atoms with E-state index in [2.05, 4.69) is 0 Å². The van der Waals surface area contributed by atoms with Gasteiger partial charge in [-0.15, -0.1) is 0 Å². The average Bonchev–Trinajstić information content (AvgIpc) is 2.77. The number of hydrogen-bond donors (Lipinski definition) is 7. The summed E-state index contributed by atoms with van der Waals surface area (Å²) in [4.78, 5) is 12.7. The van der Waals surface area contributed by atoms with Gasteiger partial charge in [-0.2, -0.15) is 0 Å². The molecule has 1 aromatic rings. The molecule has 198 valence electrons.